The van der Waals surface area contributed by atoms with E-state index >= 15 is 0 Å². The zero-order chi connectivity index (χ0) is 27.0. The fourth-order valence-corrected chi connectivity index (χ4v) is 3.85. The van der Waals surface area contributed by atoms with Crippen LogP contribution in [0.3, 0.4) is 0 Å². The van der Waals surface area contributed by atoms with Crippen molar-refractivity contribution in [3.8, 4) is 11.3 Å². The minimum Gasteiger partial charge on any atom is -0.512 e. The predicted molar refractivity (Wildman–Crippen MR) is 136 cm³/mol. The van der Waals surface area contributed by atoms with E-state index in [2.05, 4.69) is 75.1 Å². The Morgan fingerprint density at radius 3 is 2.35 bits per heavy atom. The van der Waals surface area contributed by atoms with Crippen LogP contribution >= 0.6 is 0 Å². The first-order valence-electron chi connectivity index (χ1n) is 11.8. The Hall–Kier alpha value is -2.57. The maximum Gasteiger partial charge on any atom is 0.389 e. The molecule has 8 heteroatoms. The van der Waals surface area contributed by atoms with E-state index in [1.54, 1.807) is 0 Å². The molecule has 1 heterocycles. The minimum absolute atomic E-state index is 0. The third kappa shape index (κ3) is 10.0. The first-order chi connectivity index (χ1) is 16.8. The van der Waals surface area contributed by atoms with Gasteiger partial charge < -0.3 is 10.1 Å². The van der Waals surface area contributed by atoms with Crippen LogP contribution in [0, 0.1) is 25.8 Å². The van der Waals surface area contributed by atoms with Gasteiger partial charge in [-0.1, -0.05) is 52.8 Å². The van der Waals surface area contributed by atoms with Gasteiger partial charge in [-0.25, -0.2) is 4.39 Å². The van der Waals surface area contributed by atoms with Gasteiger partial charge in [-0.3, -0.25) is 4.79 Å². The molecule has 1 unspecified atom stereocenters. The number of hydrogen-bond donors (Lipinski definition) is 1. The third-order valence-electron chi connectivity index (χ3n) is 5.69. The Morgan fingerprint density at radius 2 is 1.81 bits per heavy atom. The Morgan fingerprint density at radius 1 is 1.14 bits per heavy atom. The van der Waals surface area contributed by atoms with Crippen molar-refractivity contribution in [3.63, 3.8) is 0 Å². The number of halogens is 4. The van der Waals surface area contributed by atoms with Crippen LogP contribution < -0.4 is 0 Å². The second kappa shape index (κ2) is 14.4. The number of pyridine rings is 1. The van der Waals surface area contributed by atoms with Crippen molar-refractivity contribution >= 4 is 16.6 Å². The molecule has 3 aromatic rings. The Kier molecular flexibility index (Phi) is 12.6. The van der Waals surface area contributed by atoms with Crippen molar-refractivity contribution in [2.45, 2.75) is 59.6 Å². The zero-order valence-electron chi connectivity index (χ0n) is 21.5. The van der Waals surface area contributed by atoms with Crippen LogP contribution in [0.5, 0.6) is 0 Å². The molecule has 203 valence electrons. The van der Waals surface area contributed by atoms with Gasteiger partial charge in [-0.2, -0.15) is 13.2 Å². The van der Waals surface area contributed by atoms with Gasteiger partial charge >= 0.3 is 6.18 Å². The Labute approximate surface area is 229 Å². The van der Waals surface area contributed by atoms with Crippen molar-refractivity contribution < 1.29 is 47.6 Å². The summed E-state index contributed by atoms with van der Waals surface area (Å²) in [6.07, 6.45) is -3.19. The number of aliphatic hydroxyl groups is 1. The third-order valence-corrected chi connectivity index (χ3v) is 5.69. The summed E-state index contributed by atoms with van der Waals surface area (Å²) < 4.78 is 47.6. The van der Waals surface area contributed by atoms with E-state index in [0.717, 1.165) is 16.8 Å². The summed E-state index contributed by atoms with van der Waals surface area (Å²) in [5.41, 5.74) is 5.87. The number of alkyl halides is 4. The summed E-state index contributed by atoms with van der Waals surface area (Å²) in [5.74, 6) is -2.38. The molecule has 0 amide bonds. The number of aryl methyl sites for hydroxylation is 2. The molecule has 37 heavy (non-hydrogen) atoms. The predicted octanol–water partition coefficient (Wildman–Crippen LogP) is 8.39. The molecule has 0 fully saturated rings. The fraction of sp³-hybridized carbons (Fsp3) is 0.379. The van der Waals surface area contributed by atoms with E-state index in [-0.39, 0.29) is 26.5 Å². The number of carbonyl (C=O) groups is 1. The van der Waals surface area contributed by atoms with Gasteiger partial charge in [0.15, 0.2) is 12.5 Å². The van der Waals surface area contributed by atoms with E-state index in [4.69, 9.17) is 5.11 Å². The Balaban J connectivity index is 0.000000384. The summed E-state index contributed by atoms with van der Waals surface area (Å²) in [5, 5.41) is 11.6. The summed E-state index contributed by atoms with van der Waals surface area (Å²) in [6.45, 7) is 8.76. The van der Waals surface area contributed by atoms with Crippen LogP contribution in [-0.4, -0.2) is 28.7 Å². The molecule has 1 atom stereocenters. The molecule has 0 spiro atoms. The first-order valence-corrected chi connectivity index (χ1v) is 11.8. The average molecular weight is 695 g/mol. The molecule has 0 aliphatic rings. The Bertz CT molecular complexity index is 1200. The van der Waals surface area contributed by atoms with E-state index in [1.807, 2.05) is 6.20 Å². The van der Waals surface area contributed by atoms with Gasteiger partial charge in [0.05, 0.1) is 12.2 Å². The van der Waals surface area contributed by atoms with Gasteiger partial charge in [-0.15, -0.1) is 34.9 Å². The smallest absolute Gasteiger partial charge is 0.389 e. The number of nitrogens with zero attached hydrogens (tertiary/aromatic N) is 1. The monoisotopic (exact) mass is 695 g/mol. The zero-order valence-corrected chi connectivity index (χ0v) is 23.9. The van der Waals surface area contributed by atoms with Crippen LogP contribution in [0.1, 0.15) is 56.2 Å². The van der Waals surface area contributed by atoms with E-state index in [9.17, 15) is 22.4 Å². The molecule has 3 nitrogen and oxygen atoms in total. The number of aromatic nitrogens is 1. The van der Waals surface area contributed by atoms with Crippen LogP contribution in [-0.2, 0) is 24.9 Å². The summed E-state index contributed by atoms with van der Waals surface area (Å²) in [6, 6.07) is 16.5. The summed E-state index contributed by atoms with van der Waals surface area (Å²) in [7, 11) is 0. The molecule has 1 radical (unpaired) electrons. The van der Waals surface area contributed by atoms with Crippen molar-refractivity contribution in [2.75, 3.05) is 6.67 Å². The van der Waals surface area contributed by atoms with Crippen molar-refractivity contribution in [2.24, 2.45) is 5.92 Å². The van der Waals surface area contributed by atoms with E-state index < -0.39 is 36.7 Å². The number of carbonyl (C=O) groups excluding carboxylic acids is 1. The molecule has 0 aliphatic heterocycles. The maximum absolute atomic E-state index is 12.0. The van der Waals surface area contributed by atoms with Crippen molar-refractivity contribution in [1.82, 2.24) is 4.98 Å². The van der Waals surface area contributed by atoms with Gasteiger partial charge in [-0.05, 0) is 40.4 Å². The van der Waals surface area contributed by atoms with Gasteiger partial charge in [0.25, 0.3) is 0 Å². The quantitative estimate of drug-likeness (QED) is 0.117. The molecule has 0 bridgehead atoms. The summed E-state index contributed by atoms with van der Waals surface area (Å²) in [4.78, 5) is 15.1. The molecular weight excluding hydrogens is 663 g/mol. The standard InChI is InChI=1S/C20H20N.C9H12F4O2.Ir/c1-13(2)16-5-6-19-17(12-16)7-8-21-20(19)18-10-14(3)9-15(4)11-18;1-2-6(4-9(11,12)13)8(15)3-7(14)5-10;/h5-10,12-13H,1-4H3;3,6,15H,2,4-5H2,1H3;/q-1;;/b;8-3-;. The minimum atomic E-state index is -4.42. The van der Waals surface area contributed by atoms with Crippen LogP contribution in [0.15, 0.2) is 54.4 Å². The number of allylic oxidation sites excluding steroid dienone is 2. The molecule has 0 saturated heterocycles. The number of benzene rings is 2. The molecule has 1 aromatic heterocycles. The number of fused-ring (bicyclic) bond motifs is 1. The maximum atomic E-state index is 12.0. The number of rotatable bonds is 7. The molecule has 1 N–H and O–H groups in total. The normalized spacial score (nSPS) is 12.5. The van der Waals surface area contributed by atoms with E-state index in [1.165, 1.54) is 28.8 Å². The molecule has 0 saturated carbocycles. The molecular formula is C29H32F4IrNO2-. The molecule has 3 rings (SSSR count). The first kappa shape index (κ1) is 32.5. The second-order valence-electron chi connectivity index (χ2n) is 9.14. The topological polar surface area (TPSA) is 50.2 Å². The fourth-order valence-electron chi connectivity index (χ4n) is 3.85. The van der Waals surface area contributed by atoms with Crippen molar-refractivity contribution in [1.29, 1.82) is 0 Å². The largest absolute Gasteiger partial charge is 0.512 e. The van der Waals surface area contributed by atoms with Crippen LogP contribution in [0.4, 0.5) is 17.6 Å². The number of hydrogen-bond acceptors (Lipinski definition) is 3. The van der Waals surface area contributed by atoms with Crippen LogP contribution in [0.25, 0.3) is 22.0 Å². The van der Waals surface area contributed by atoms with Gasteiger partial charge in [0.2, 0.25) is 0 Å². The van der Waals surface area contributed by atoms with Gasteiger partial charge in [0, 0.05) is 38.3 Å². The molecule has 2 aromatic carbocycles. The van der Waals surface area contributed by atoms with Crippen LogP contribution in [0.2, 0.25) is 0 Å². The number of aliphatic hydroxyl groups excluding tert-OH is 1. The summed E-state index contributed by atoms with van der Waals surface area (Å²) >= 11 is 0. The SMILES string of the molecule is CCC(CC(F)(F)F)/C(O)=C/C(=O)CF.Cc1[c-]c(-c2nccc3cc(C(C)C)ccc23)cc(C)c1.[Ir]. The second-order valence-corrected chi connectivity index (χ2v) is 9.14. The van der Waals surface area contributed by atoms with Crippen molar-refractivity contribution in [3.05, 3.63) is 77.2 Å². The molecule has 0 aliphatic carbocycles. The number of ketones is 1. The van der Waals surface area contributed by atoms with Gasteiger partial charge in [0.1, 0.15) is 0 Å². The average Bonchev–Trinajstić information content (AvgIpc) is 2.80. The van der Waals surface area contributed by atoms with E-state index in [0.29, 0.717) is 12.0 Å².